The van der Waals surface area contributed by atoms with Crippen LogP contribution in [-0.2, 0) is 0 Å². The van der Waals surface area contributed by atoms with Gasteiger partial charge < -0.3 is 4.90 Å². The van der Waals surface area contributed by atoms with Crippen LogP contribution >= 0.6 is 0 Å². The van der Waals surface area contributed by atoms with Crippen molar-refractivity contribution in [1.82, 2.24) is 19.7 Å². The fourth-order valence-electron chi connectivity index (χ4n) is 2.83. The zero-order valence-electron chi connectivity index (χ0n) is 13.5. The monoisotopic (exact) mass is 295 g/mol. The van der Waals surface area contributed by atoms with Gasteiger partial charge in [-0.1, -0.05) is 17.7 Å². The maximum absolute atomic E-state index is 4.56. The smallest absolute Gasteiger partial charge is 0.168 e. The number of fused-ring (bicyclic) bond motifs is 1. The van der Waals surface area contributed by atoms with Gasteiger partial charge in [-0.25, -0.2) is 14.6 Å². The molecule has 5 heteroatoms. The molecule has 22 heavy (non-hydrogen) atoms. The van der Waals surface area contributed by atoms with E-state index in [9.17, 15) is 0 Å². The third-order valence-electron chi connectivity index (χ3n) is 3.99. The molecule has 0 unspecified atom stereocenters. The van der Waals surface area contributed by atoms with E-state index in [2.05, 4.69) is 65.9 Å². The normalized spacial score (nSPS) is 11.1. The van der Waals surface area contributed by atoms with Crippen molar-refractivity contribution in [1.29, 1.82) is 0 Å². The van der Waals surface area contributed by atoms with Gasteiger partial charge in [0.1, 0.15) is 12.1 Å². The summed E-state index contributed by atoms with van der Waals surface area (Å²) in [6.07, 6.45) is 3.49. The fourth-order valence-corrected chi connectivity index (χ4v) is 2.83. The Morgan fingerprint density at radius 3 is 2.55 bits per heavy atom. The number of aryl methyl sites for hydroxylation is 2. The van der Waals surface area contributed by atoms with Gasteiger partial charge in [-0.15, -0.1) is 0 Å². The Hall–Kier alpha value is -2.43. The van der Waals surface area contributed by atoms with Gasteiger partial charge in [-0.05, 0) is 39.3 Å². The van der Waals surface area contributed by atoms with Crippen molar-refractivity contribution in [3.8, 4) is 5.69 Å². The van der Waals surface area contributed by atoms with Gasteiger partial charge in [-0.2, -0.15) is 5.10 Å². The number of rotatable bonds is 4. The van der Waals surface area contributed by atoms with Crippen LogP contribution in [-0.4, -0.2) is 32.8 Å². The highest BCUT2D eigenvalue weighted by atomic mass is 15.3. The molecule has 1 aromatic carbocycles. The van der Waals surface area contributed by atoms with Crippen molar-refractivity contribution in [2.24, 2.45) is 0 Å². The van der Waals surface area contributed by atoms with E-state index < -0.39 is 0 Å². The molecule has 0 saturated carbocycles. The molecule has 0 aliphatic rings. The van der Waals surface area contributed by atoms with E-state index in [0.717, 1.165) is 35.6 Å². The Morgan fingerprint density at radius 2 is 1.86 bits per heavy atom. The number of hydrogen-bond acceptors (Lipinski definition) is 4. The third kappa shape index (κ3) is 2.32. The molecule has 0 radical (unpaired) electrons. The van der Waals surface area contributed by atoms with Crippen LogP contribution in [0.4, 0.5) is 5.82 Å². The maximum atomic E-state index is 4.56. The van der Waals surface area contributed by atoms with E-state index in [1.807, 2.05) is 10.9 Å². The summed E-state index contributed by atoms with van der Waals surface area (Å²) in [5.74, 6) is 0.950. The molecule has 2 aromatic heterocycles. The molecular weight excluding hydrogens is 274 g/mol. The average Bonchev–Trinajstić information content (AvgIpc) is 2.93. The molecule has 0 fully saturated rings. The molecule has 3 aromatic rings. The molecule has 0 aliphatic carbocycles. The zero-order chi connectivity index (χ0) is 15.7. The van der Waals surface area contributed by atoms with Crippen LogP contribution < -0.4 is 4.90 Å². The Balaban J connectivity index is 2.19. The van der Waals surface area contributed by atoms with Gasteiger partial charge in [0.15, 0.2) is 5.65 Å². The van der Waals surface area contributed by atoms with E-state index in [-0.39, 0.29) is 0 Å². The molecule has 0 N–H and O–H groups in total. The van der Waals surface area contributed by atoms with Crippen LogP contribution in [0.5, 0.6) is 0 Å². The minimum absolute atomic E-state index is 0.851. The summed E-state index contributed by atoms with van der Waals surface area (Å²) in [5.41, 5.74) is 4.35. The Morgan fingerprint density at radius 1 is 1.09 bits per heavy atom. The quantitative estimate of drug-likeness (QED) is 0.741. The standard InChI is InChI=1S/C17H21N5/c1-5-21(6-2)16-14-10-20-22(17(14)19-11-18-16)15-8-7-12(3)9-13(15)4/h7-11H,5-6H2,1-4H3. The first-order valence-electron chi connectivity index (χ1n) is 7.67. The van der Waals surface area contributed by atoms with Gasteiger partial charge in [0.2, 0.25) is 0 Å². The van der Waals surface area contributed by atoms with E-state index in [1.54, 1.807) is 6.33 Å². The average molecular weight is 295 g/mol. The lowest BCUT2D eigenvalue weighted by Crippen LogP contribution is -2.23. The minimum atomic E-state index is 0.851. The van der Waals surface area contributed by atoms with Gasteiger partial charge >= 0.3 is 0 Å². The number of benzene rings is 1. The molecule has 0 saturated heterocycles. The molecule has 0 bridgehead atoms. The van der Waals surface area contributed by atoms with Crippen LogP contribution in [0.25, 0.3) is 16.7 Å². The molecule has 0 atom stereocenters. The highest BCUT2D eigenvalue weighted by molar-refractivity contribution is 5.87. The highest BCUT2D eigenvalue weighted by Crippen LogP contribution is 2.25. The topological polar surface area (TPSA) is 46.8 Å². The van der Waals surface area contributed by atoms with Crippen molar-refractivity contribution in [2.75, 3.05) is 18.0 Å². The van der Waals surface area contributed by atoms with Crippen LogP contribution in [0, 0.1) is 13.8 Å². The first-order valence-corrected chi connectivity index (χ1v) is 7.67. The van der Waals surface area contributed by atoms with E-state index in [0.29, 0.717) is 0 Å². The Labute approximate surface area is 130 Å². The summed E-state index contributed by atoms with van der Waals surface area (Å²) < 4.78 is 1.90. The van der Waals surface area contributed by atoms with Crippen molar-refractivity contribution >= 4 is 16.9 Å². The van der Waals surface area contributed by atoms with E-state index in [4.69, 9.17) is 0 Å². The fraction of sp³-hybridized carbons (Fsp3) is 0.353. The van der Waals surface area contributed by atoms with Crippen LogP contribution in [0.1, 0.15) is 25.0 Å². The molecule has 0 amide bonds. The van der Waals surface area contributed by atoms with Crippen molar-refractivity contribution in [2.45, 2.75) is 27.7 Å². The van der Waals surface area contributed by atoms with Gasteiger partial charge in [0.05, 0.1) is 17.3 Å². The van der Waals surface area contributed by atoms with Crippen molar-refractivity contribution in [3.63, 3.8) is 0 Å². The second kappa shape index (κ2) is 5.75. The van der Waals surface area contributed by atoms with Gasteiger partial charge in [0.25, 0.3) is 0 Å². The molecule has 114 valence electrons. The third-order valence-corrected chi connectivity index (χ3v) is 3.99. The number of nitrogens with zero attached hydrogens (tertiary/aromatic N) is 5. The van der Waals surface area contributed by atoms with E-state index in [1.165, 1.54) is 11.1 Å². The summed E-state index contributed by atoms with van der Waals surface area (Å²) in [7, 11) is 0. The second-order valence-electron chi connectivity index (χ2n) is 5.45. The number of aromatic nitrogens is 4. The lowest BCUT2D eigenvalue weighted by Gasteiger charge is -2.19. The highest BCUT2D eigenvalue weighted by Gasteiger charge is 2.15. The SMILES string of the molecule is CCN(CC)c1ncnc2c1cnn2-c1ccc(C)cc1C. The van der Waals surface area contributed by atoms with Gasteiger partial charge in [0, 0.05) is 13.1 Å². The molecule has 2 heterocycles. The van der Waals surface area contributed by atoms with Gasteiger partial charge in [-0.3, -0.25) is 0 Å². The number of anilines is 1. The molecule has 0 spiro atoms. The maximum Gasteiger partial charge on any atom is 0.168 e. The Bertz CT molecular complexity index is 802. The second-order valence-corrected chi connectivity index (χ2v) is 5.45. The van der Waals surface area contributed by atoms with E-state index >= 15 is 0 Å². The van der Waals surface area contributed by atoms with Crippen molar-refractivity contribution in [3.05, 3.63) is 41.9 Å². The molecule has 3 rings (SSSR count). The van der Waals surface area contributed by atoms with Crippen LogP contribution in [0.2, 0.25) is 0 Å². The molecule has 0 aliphatic heterocycles. The first kappa shape index (κ1) is 14.5. The summed E-state index contributed by atoms with van der Waals surface area (Å²) in [6, 6.07) is 6.36. The first-order chi connectivity index (χ1) is 10.7. The summed E-state index contributed by atoms with van der Waals surface area (Å²) in [4.78, 5) is 11.1. The molecular formula is C17H21N5. The summed E-state index contributed by atoms with van der Waals surface area (Å²) >= 11 is 0. The number of hydrogen-bond donors (Lipinski definition) is 0. The Kier molecular flexibility index (Phi) is 3.79. The lowest BCUT2D eigenvalue weighted by molar-refractivity contribution is 0.847. The van der Waals surface area contributed by atoms with Crippen LogP contribution in [0.15, 0.2) is 30.7 Å². The lowest BCUT2D eigenvalue weighted by atomic mass is 10.1. The van der Waals surface area contributed by atoms with Crippen molar-refractivity contribution < 1.29 is 0 Å². The molecule has 5 nitrogen and oxygen atoms in total. The predicted molar refractivity (Wildman–Crippen MR) is 89.7 cm³/mol. The predicted octanol–water partition coefficient (Wildman–Crippen LogP) is 3.28. The summed E-state index contributed by atoms with van der Waals surface area (Å²) in [6.45, 7) is 10.3. The largest absolute Gasteiger partial charge is 0.356 e. The minimum Gasteiger partial charge on any atom is -0.356 e. The zero-order valence-corrected chi connectivity index (χ0v) is 13.5. The van der Waals surface area contributed by atoms with Crippen LogP contribution in [0.3, 0.4) is 0 Å². The summed E-state index contributed by atoms with van der Waals surface area (Å²) in [5, 5.41) is 5.55.